The van der Waals surface area contributed by atoms with Gasteiger partial charge in [-0.1, -0.05) is 30.3 Å². The number of carbonyl (C=O) groups is 1. The average Bonchev–Trinajstić information content (AvgIpc) is 2.79. The summed E-state index contributed by atoms with van der Waals surface area (Å²) in [6.45, 7) is 0. The van der Waals surface area contributed by atoms with Crippen LogP contribution < -0.4 is 19.7 Å². The minimum atomic E-state index is -0.516. The highest BCUT2D eigenvalue weighted by atomic mass is 19.1. The van der Waals surface area contributed by atoms with Crippen LogP contribution in [0, 0.1) is 5.82 Å². The van der Waals surface area contributed by atoms with Gasteiger partial charge in [-0.3, -0.25) is 9.69 Å². The Morgan fingerprint density at radius 2 is 1.77 bits per heavy atom. The number of nitrogens with zero attached hydrogens (tertiary/aromatic N) is 1. The molecule has 1 atom stereocenters. The molecular formula is C24H19FN2O3. The highest BCUT2D eigenvalue weighted by Gasteiger charge is 2.39. The van der Waals surface area contributed by atoms with Crippen LogP contribution in [0.3, 0.4) is 0 Å². The molecule has 30 heavy (non-hydrogen) atoms. The Morgan fingerprint density at radius 3 is 2.50 bits per heavy atom. The maximum atomic E-state index is 13.6. The minimum absolute atomic E-state index is 0.182. The van der Waals surface area contributed by atoms with Crippen LogP contribution in [0.2, 0.25) is 0 Å². The van der Waals surface area contributed by atoms with Crippen molar-refractivity contribution in [2.24, 2.45) is 0 Å². The predicted octanol–water partition coefficient (Wildman–Crippen LogP) is 4.32. The number of carbonyl (C=O) groups excluding carboxylic acids is 1. The molecule has 0 saturated heterocycles. The van der Waals surface area contributed by atoms with Crippen LogP contribution in [0.1, 0.15) is 17.3 Å². The maximum absolute atomic E-state index is 13.6. The van der Waals surface area contributed by atoms with Gasteiger partial charge in [0.1, 0.15) is 23.5 Å². The Kier molecular flexibility index (Phi) is 4.39. The van der Waals surface area contributed by atoms with E-state index in [1.54, 1.807) is 19.2 Å². The average molecular weight is 402 g/mol. The van der Waals surface area contributed by atoms with Crippen molar-refractivity contribution >= 4 is 11.6 Å². The van der Waals surface area contributed by atoms with Crippen LogP contribution in [0.15, 0.2) is 84.3 Å². The number of hydrogen-bond acceptors (Lipinski definition) is 4. The predicted molar refractivity (Wildman–Crippen MR) is 111 cm³/mol. The zero-order valence-corrected chi connectivity index (χ0v) is 16.3. The number of fused-ring (bicyclic) bond motifs is 1. The quantitative estimate of drug-likeness (QED) is 0.709. The van der Waals surface area contributed by atoms with Gasteiger partial charge in [-0.05, 0) is 53.6 Å². The molecule has 2 aliphatic heterocycles. The third-order valence-corrected chi connectivity index (χ3v) is 5.36. The molecule has 0 aliphatic carbocycles. The van der Waals surface area contributed by atoms with Crippen molar-refractivity contribution in [1.29, 1.82) is 0 Å². The van der Waals surface area contributed by atoms with E-state index < -0.39 is 6.17 Å². The molecule has 5 rings (SSSR count). The van der Waals surface area contributed by atoms with Crippen molar-refractivity contribution < 1.29 is 18.7 Å². The fourth-order valence-electron chi connectivity index (χ4n) is 3.83. The highest BCUT2D eigenvalue weighted by molar-refractivity contribution is 5.97. The fraction of sp³-hybridized carbons (Fsp3) is 0.125. The van der Waals surface area contributed by atoms with Gasteiger partial charge >= 0.3 is 0 Å². The molecule has 0 fully saturated rings. The van der Waals surface area contributed by atoms with Gasteiger partial charge in [-0.2, -0.15) is 0 Å². The Bertz CT molecular complexity index is 1140. The van der Waals surface area contributed by atoms with E-state index in [4.69, 9.17) is 9.47 Å². The van der Waals surface area contributed by atoms with E-state index in [1.165, 1.54) is 12.1 Å². The first-order valence-corrected chi connectivity index (χ1v) is 9.62. The number of amides is 1. The molecule has 0 bridgehead atoms. The van der Waals surface area contributed by atoms with E-state index in [0.29, 0.717) is 29.3 Å². The summed E-state index contributed by atoms with van der Waals surface area (Å²) in [6.07, 6.45) is -0.0532. The first-order valence-electron chi connectivity index (χ1n) is 9.62. The molecular weight excluding hydrogens is 383 g/mol. The van der Waals surface area contributed by atoms with Crippen molar-refractivity contribution in [3.8, 4) is 11.5 Å². The second-order valence-electron chi connectivity index (χ2n) is 7.17. The zero-order valence-electron chi connectivity index (χ0n) is 16.3. The van der Waals surface area contributed by atoms with Gasteiger partial charge in [0.2, 0.25) is 5.88 Å². The second kappa shape index (κ2) is 7.22. The molecule has 0 unspecified atom stereocenters. The first-order chi connectivity index (χ1) is 14.6. The van der Waals surface area contributed by atoms with E-state index in [0.717, 1.165) is 16.9 Å². The molecule has 2 heterocycles. The monoisotopic (exact) mass is 402 g/mol. The van der Waals surface area contributed by atoms with Gasteiger partial charge in [-0.15, -0.1) is 0 Å². The van der Waals surface area contributed by atoms with E-state index >= 15 is 0 Å². The second-order valence-corrected chi connectivity index (χ2v) is 7.17. The molecule has 2 aliphatic rings. The van der Waals surface area contributed by atoms with Crippen molar-refractivity contribution in [2.75, 3.05) is 12.0 Å². The third-order valence-electron chi connectivity index (χ3n) is 5.36. The van der Waals surface area contributed by atoms with Crippen molar-refractivity contribution in [1.82, 2.24) is 5.32 Å². The molecule has 6 heteroatoms. The molecule has 0 saturated carbocycles. The Labute approximate surface area is 173 Å². The highest BCUT2D eigenvalue weighted by Crippen LogP contribution is 2.40. The Morgan fingerprint density at radius 1 is 1.03 bits per heavy atom. The summed E-state index contributed by atoms with van der Waals surface area (Å²) >= 11 is 0. The number of anilines is 1. The number of benzene rings is 3. The SMILES string of the molecule is COc1ccc([C@@H]2NC(=O)C3=C(Oc4ccccc4C3)N2c2ccc(F)cc2)cc1. The molecule has 1 amide bonds. The fourth-order valence-corrected chi connectivity index (χ4v) is 3.83. The van der Waals surface area contributed by atoms with Crippen LogP contribution in [-0.4, -0.2) is 13.0 Å². The molecule has 150 valence electrons. The summed E-state index contributed by atoms with van der Waals surface area (Å²) < 4.78 is 25.1. The van der Waals surface area contributed by atoms with E-state index in [2.05, 4.69) is 5.32 Å². The number of hydrogen-bond donors (Lipinski definition) is 1. The molecule has 3 aromatic carbocycles. The molecule has 0 radical (unpaired) electrons. The van der Waals surface area contributed by atoms with Crippen molar-refractivity contribution in [2.45, 2.75) is 12.6 Å². The van der Waals surface area contributed by atoms with E-state index in [1.807, 2.05) is 53.4 Å². The zero-order chi connectivity index (χ0) is 20.7. The van der Waals surface area contributed by atoms with Gasteiger partial charge in [-0.25, -0.2) is 4.39 Å². The van der Waals surface area contributed by atoms with Gasteiger partial charge in [0, 0.05) is 12.1 Å². The number of nitrogens with one attached hydrogen (secondary N) is 1. The lowest BCUT2D eigenvalue weighted by Gasteiger charge is -2.41. The summed E-state index contributed by atoms with van der Waals surface area (Å²) in [5, 5.41) is 3.08. The Balaban J connectivity index is 1.64. The smallest absolute Gasteiger partial charge is 0.254 e. The van der Waals surface area contributed by atoms with Crippen LogP contribution >= 0.6 is 0 Å². The van der Waals surface area contributed by atoms with Gasteiger partial charge in [0.25, 0.3) is 5.91 Å². The number of halogens is 1. The molecule has 3 aromatic rings. The van der Waals surface area contributed by atoms with Crippen LogP contribution in [0.4, 0.5) is 10.1 Å². The van der Waals surface area contributed by atoms with Crippen molar-refractivity contribution in [3.05, 3.63) is 101 Å². The van der Waals surface area contributed by atoms with Crippen LogP contribution in [-0.2, 0) is 11.2 Å². The van der Waals surface area contributed by atoms with Crippen LogP contribution in [0.25, 0.3) is 0 Å². The lowest BCUT2D eigenvalue weighted by atomic mass is 9.98. The normalized spacial score (nSPS) is 17.6. The number of para-hydroxylation sites is 1. The lowest BCUT2D eigenvalue weighted by molar-refractivity contribution is -0.119. The maximum Gasteiger partial charge on any atom is 0.254 e. The topological polar surface area (TPSA) is 50.8 Å². The molecule has 1 N–H and O–H groups in total. The number of methoxy groups -OCH3 is 1. The van der Waals surface area contributed by atoms with E-state index in [-0.39, 0.29) is 11.7 Å². The molecule has 0 aromatic heterocycles. The lowest BCUT2D eigenvalue weighted by Crippen LogP contribution is -2.49. The summed E-state index contributed by atoms with van der Waals surface area (Å²) in [5.74, 6) is 1.39. The molecule has 0 spiro atoms. The summed E-state index contributed by atoms with van der Waals surface area (Å²) in [4.78, 5) is 14.9. The van der Waals surface area contributed by atoms with Gasteiger partial charge < -0.3 is 14.8 Å². The number of rotatable bonds is 3. The summed E-state index contributed by atoms with van der Waals surface area (Å²) in [5.41, 5.74) is 3.06. The third kappa shape index (κ3) is 3.06. The number of ether oxygens (including phenoxy) is 2. The largest absolute Gasteiger partial charge is 0.497 e. The Hall–Kier alpha value is -3.80. The standard InChI is InChI=1S/C24H19FN2O3/c1-29-19-12-6-15(7-13-19)22-26-23(28)20-14-16-4-2-3-5-21(16)30-24(20)27(22)18-10-8-17(25)9-11-18/h2-13,22H,14H2,1H3,(H,26,28)/t22-/m1/s1. The van der Waals surface area contributed by atoms with Gasteiger partial charge in [0.15, 0.2) is 0 Å². The van der Waals surface area contributed by atoms with Crippen LogP contribution in [0.5, 0.6) is 11.5 Å². The minimum Gasteiger partial charge on any atom is -0.497 e. The summed E-state index contributed by atoms with van der Waals surface area (Å²) in [7, 11) is 1.60. The van der Waals surface area contributed by atoms with Gasteiger partial charge in [0.05, 0.1) is 12.7 Å². The first kappa shape index (κ1) is 18.2. The summed E-state index contributed by atoms with van der Waals surface area (Å²) in [6, 6.07) is 21.3. The molecule has 5 nitrogen and oxygen atoms in total. The van der Waals surface area contributed by atoms with Crippen molar-refractivity contribution in [3.63, 3.8) is 0 Å². The van der Waals surface area contributed by atoms with E-state index in [9.17, 15) is 9.18 Å².